The van der Waals surface area contributed by atoms with Gasteiger partial charge in [0.25, 0.3) is 0 Å². The fourth-order valence-corrected chi connectivity index (χ4v) is 6.07. The summed E-state index contributed by atoms with van der Waals surface area (Å²) in [5, 5.41) is 19.9. The van der Waals surface area contributed by atoms with Crippen molar-refractivity contribution in [2.75, 3.05) is 23.7 Å². The Balaban J connectivity index is 1.41. The van der Waals surface area contributed by atoms with Gasteiger partial charge in [0, 0.05) is 29.5 Å². The lowest BCUT2D eigenvalue weighted by atomic mass is 9.72. The molecule has 42 heavy (non-hydrogen) atoms. The number of benzene rings is 3. The van der Waals surface area contributed by atoms with Gasteiger partial charge in [0.05, 0.1) is 10.7 Å². The normalized spacial score (nSPS) is 14.5. The van der Waals surface area contributed by atoms with E-state index < -0.39 is 5.60 Å². The lowest BCUT2D eigenvalue weighted by Crippen LogP contribution is -2.48. The van der Waals surface area contributed by atoms with E-state index in [-0.39, 0.29) is 11.0 Å². The highest BCUT2D eigenvalue weighted by atomic mass is 35.5. The van der Waals surface area contributed by atoms with Gasteiger partial charge in [-0.2, -0.15) is 4.99 Å². The average Bonchev–Trinajstić information content (AvgIpc) is 2.98. The van der Waals surface area contributed by atoms with E-state index in [1.807, 2.05) is 80.6 Å². The van der Waals surface area contributed by atoms with Crippen LogP contribution >= 0.6 is 35.4 Å². The number of thiocarbonyl (C=S) groups is 1. The molecule has 1 aliphatic rings. The molecule has 1 fully saturated rings. The van der Waals surface area contributed by atoms with Gasteiger partial charge < -0.3 is 15.3 Å². The Morgan fingerprint density at radius 2 is 1.45 bits per heavy atom. The van der Waals surface area contributed by atoms with Crippen LogP contribution in [0.1, 0.15) is 35.4 Å². The van der Waals surface area contributed by atoms with Crippen LogP contribution in [-0.4, -0.2) is 44.1 Å². The summed E-state index contributed by atoms with van der Waals surface area (Å²) in [7, 11) is 0. The van der Waals surface area contributed by atoms with Crippen LogP contribution in [0.25, 0.3) is 0 Å². The van der Waals surface area contributed by atoms with Crippen molar-refractivity contribution in [3.8, 4) is 0 Å². The SMILES string of the molecule is Cc1cc(C)nc(N/C(=N/C(=S)Nc2ccc(Cl)cc2Cl)N2CCC(C(O)(c3ccccc3)c3ccccc3)CC2)n1. The molecule has 0 radical (unpaired) electrons. The first kappa shape index (κ1) is 29.9. The predicted octanol–water partition coefficient (Wildman–Crippen LogP) is 7.21. The summed E-state index contributed by atoms with van der Waals surface area (Å²) in [6.07, 6.45) is 1.44. The molecule has 0 bridgehead atoms. The summed E-state index contributed by atoms with van der Waals surface area (Å²) < 4.78 is 0. The molecule has 1 aromatic heterocycles. The summed E-state index contributed by atoms with van der Waals surface area (Å²) in [5.41, 5.74) is 2.93. The first-order valence-corrected chi connectivity index (χ1v) is 14.9. The number of nitrogens with zero attached hydrogens (tertiary/aromatic N) is 4. The molecule has 3 aromatic carbocycles. The highest BCUT2D eigenvalue weighted by Crippen LogP contribution is 2.42. The first-order chi connectivity index (χ1) is 20.2. The van der Waals surface area contributed by atoms with Gasteiger partial charge in [0.1, 0.15) is 5.60 Å². The van der Waals surface area contributed by atoms with Crippen LogP contribution in [0.5, 0.6) is 0 Å². The third-order valence-electron chi connectivity index (χ3n) is 7.40. The molecule has 3 N–H and O–H groups in total. The second kappa shape index (κ2) is 13.2. The van der Waals surface area contributed by atoms with Gasteiger partial charge in [-0.1, -0.05) is 83.9 Å². The van der Waals surface area contributed by atoms with Crippen molar-refractivity contribution in [3.63, 3.8) is 0 Å². The minimum atomic E-state index is -1.13. The Kier molecular flexibility index (Phi) is 9.38. The van der Waals surface area contributed by atoms with Crippen LogP contribution < -0.4 is 10.6 Å². The molecule has 4 aromatic rings. The van der Waals surface area contributed by atoms with E-state index in [4.69, 9.17) is 40.4 Å². The molecule has 0 aliphatic carbocycles. The first-order valence-electron chi connectivity index (χ1n) is 13.7. The van der Waals surface area contributed by atoms with Crippen LogP contribution in [0, 0.1) is 19.8 Å². The molecule has 0 atom stereocenters. The predicted molar refractivity (Wildman–Crippen MR) is 175 cm³/mol. The number of likely N-dealkylation sites (tertiary alicyclic amines) is 1. The summed E-state index contributed by atoms with van der Waals surface area (Å²) in [4.78, 5) is 15.9. The van der Waals surface area contributed by atoms with Gasteiger partial charge in [0.15, 0.2) is 0 Å². The van der Waals surface area contributed by atoms with E-state index in [1.165, 1.54) is 0 Å². The lowest BCUT2D eigenvalue weighted by Gasteiger charge is -2.43. The Morgan fingerprint density at radius 1 is 0.881 bits per heavy atom. The number of hydrogen-bond acceptors (Lipinski definition) is 4. The molecule has 10 heteroatoms. The molecule has 216 valence electrons. The molecule has 5 rings (SSSR count). The summed E-state index contributed by atoms with van der Waals surface area (Å²) in [5.74, 6) is 0.935. The van der Waals surface area contributed by atoms with Gasteiger partial charge in [-0.15, -0.1) is 0 Å². The number of aromatic nitrogens is 2. The molecule has 1 aliphatic heterocycles. The molecule has 0 spiro atoms. The van der Waals surface area contributed by atoms with Crippen LogP contribution in [-0.2, 0) is 5.60 Å². The number of halogens is 2. The standard InChI is InChI=1S/C32H32Cl2N6OS/c1-21-19-22(2)36-29(35-21)38-30(39-31(42)37-28-14-13-26(33)20-27(28)34)40-17-15-25(16-18-40)32(41,23-9-5-3-6-10-23)24-11-7-4-8-12-24/h3-14,19-20,25,41H,15-18H2,1-2H3,(H2,35,36,37,38,39,42). The van der Waals surface area contributed by atoms with Gasteiger partial charge in [-0.05, 0) is 80.2 Å². The second-order valence-electron chi connectivity index (χ2n) is 10.3. The highest BCUT2D eigenvalue weighted by Gasteiger charge is 2.42. The number of aliphatic imine (C=N–C) groups is 1. The van der Waals surface area contributed by atoms with Crippen LogP contribution in [0.4, 0.5) is 11.6 Å². The van der Waals surface area contributed by atoms with Crippen LogP contribution in [0.3, 0.4) is 0 Å². The molecule has 0 unspecified atom stereocenters. The van der Waals surface area contributed by atoms with Gasteiger partial charge in [0.2, 0.25) is 17.0 Å². The van der Waals surface area contributed by atoms with E-state index in [0.717, 1.165) is 35.4 Å². The smallest absolute Gasteiger partial charge is 0.229 e. The fourth-order valence-electron chi connectivity index (χ4n) is 5.42. The van der Waals surface area contributed by atoms with Crippen LogP contribution in [0.15, 0.2) is 89.9 Å². The fraction of sp³-hybridized carbons (Fsp3) is 0.250. The van der Waals surface area contributed by atoms with E-state index in [0.29, 0.717) is 40.7 Å². The number of anilines is 2. The second-order valence-corrected chi connectivity index (χ2v) is 11.6. The van der Waals surface area contributed by atoms with E-state index in [1.54, 1.807) is 18.2 Å². The molecular formula is C32H32Cl2N6OS. The third-order valence-corrected chi connectivity index (χ3v) is 8.14. The van der Waals surface area contributed by atoms with Crippen molar-refractivity contribution < 1.29 is 5.11 Å². The Bertz CT molecular complexity index is 1520. The number of nitrogens with one attached hydrogen (secondary N) is 2. The van der Waals surface area contributed by atoms with Crippen molar-refractivity contribution in [2.45, 2.75) is 32.3 Å². The van der Waals surface area contributed by atoms with E-state index in [9.17, 15) is 5.11 Å². The topological polar surface area (TPSA) is 85.7 Å². The van der Waals surface area contributed by atoms with Gasteiger partial charge in [-0.3, -0.25) is 5.32 Å². The zero-order valence-electron chi connectivity index (χ0n) is 23.4. The minimum Gasteiger partial charge on any atom is -0.380 e. The van der Waals surface area contributed by atoms with Crippen molar-refractivity contribution in [1.82, 2.24) is 14.9 Å². The number of piperidine rings is 1. The van der Waals surface area contributed by atoms with Crippen molar-refractivity contribution in [3.05, 3.63) is 117 Å². The number of rotatable bonds is 5. The number of aliphatic hydroxyl groups is 1. The maximum absolute atomic E-state index is 12.3. The molecule has 7 nitrogen and oxygen atoms in total. The minimum absolute atomic E-state index is 0.0183. The monoisotopic (exact) mass is 618 g/mol. The van der Waals surface area contributed by atoms with Crippen molar-refractivity contribution in [1.29, 1.82) is 0 Å². The zero-order chi connectivity index (χ0) is 29.7. The summed E-state index contributed by atoms with van der Waals surface area (Å²) >= 11 is 18.0. The van der Waals surface area contributed by atoms with Crippen molar-refractivity contribution >= 4 is 58.1 Å². The average molecular weight is 620 g/mol. The Labute approximate surface area is 261 Å². The molecule has 1 saturated heterocycles. The molecule has 0 saturated carbocycles. The quantitative estimate of drug-likeness (QED) is 0.124. The number of guanidine groups is 1. The molecular weight excluding hydrogens is 587 g/mol. The molecule has 2 heterocycles. The number of aryl methyl sites for hydroxylation is 2. The van der Waals surface area contributed by atoms with Crippen LogP contribution in [0.2, 0.25) is 10.0 Å². The maximum Gasteiger partial charge on any atom is 0.229 e. The maximum atomic E-state index is 12.3. The van der Waals surface area contributed by atoms with Gasteiger partial charge in [-0.25, -0.2) is 9.97 Å². The van der Waals surface area contributed by atoms with Gasteiger partial charge >= 0.3 is 0 Å². The van der Waals surface area contributed by atoms with E-state index in [2.05, 4.69) is 25.5 Å². The summed E-state index contributed by atoms with van der Waals surface area (Å²) in [6, 6.07) is 26.8. The Morgan fingerprint density at radius 3 is 2.00 bits per heavy atom. The summed E-state index contributed by atoms with van der Waals surface area (Å²) in [6.45, 7) is 5.11. The number of hydrogen-bond donors (Lipinski definition) is 3. The third kappa shape index (κ3) is 6.90. The van der Waals surface area contributed by atoms with Crippen molar-refractivity contribution in [2.24, 2.45) is 10.9 Å². The lowest BCUT2D eigenvalue weighted by molar-refractivity contribution is -0.00653. The van der Waals surface area contributed by atoms with E-state index >= 15 is 0 Å². The largest absolute Gasteiger partial charge is 0.380 e. The highest BCUT2D eigenvalue weighted by molar-refractivity contribution is 7.80. The molecule has 0 amide bonds. The Hall–Kier alpha value is -3.56. The zero-order valence-corrected chi connectivity index (χ0v) is 25.7.